The molecule has 0 bridgehead atoms. The minimum absolute atomic E-state index is 0.0358. The van der Waals surface area contributed by atoms with Crippen LogP contribution in [0.15, 0.2) is 48.8 Å². The van der Waals surface area contributed by atoms with Gasteiger partial charge in [0.25, 0.3) is 5.91 Å². The number of hydrogen-bond donors (Lipinski definition) is 3. The van der Waals surface area contributed by atoms with E-state index in [4.69, 9.17) is 11.5 Å². The standard InChI is InChI=1S/C22H21F3N6O/c23-12-7-9-31(11-16(12)27)19-6-8-28-10-18(19)30-22(32)21-15(26)4-5-17(29-21)20-13(24)2-1-3-14(20)25/h1-6,8,10,12,16H,7,9,11,26-27H2,(H,30,32). The molecule has 0 aliphatic carbocycles. The van der Waals surface area contributed by atoms with Crippen LogP contribution in [0.2, 0.25) is 0 Å². The highest BCUT2D eigenvalue weighted by Gasteiger charge is 2.28. The zero-order valence-corrected chi connectivity index (χ0v) is 16.9. The smallest absolute Gasteiger partial charge is 0.276 e. The van der Waals surface area contributed by atoms with Crippen LogP contribution >= 0.6 is 0 Å². The summed E-state index contributed by atoms with van der Waals surface area (Å²) in [6.07, 6.45) is 2.17. The molecule has 2 unspecified atom stereocenters. The third-order valence-electron chi connectivity index (χ3n) is 5.32. The van der Waals surface area contributed by atoms with Gasteiger partial charge in [-0.15, -0.1) is 0 Å². The Labute approximate surface area is 182 Å². The third-order valence-corrected chi connectivity index (χ3v) is 5.32. The SMILES string of the molecule is Nc1ccc(-c2c(F)cccc2F)nc1C(=O)Nc1cnccc1N1CCC(F)C(N)C1. The first-order valence-electron chi connectivity index (χ1n) is 9.96. The van der Waals surface area contributed by atoms with Gasteiger partial charge in [0, 0.05) is 19.3 Å². The van der Waals surface area contributed by atoms with Crippen molar-refractivity contribution < 1.29 is 18.0 Å². The number of piperidine rings is 1. The summed E-state index contributed by atoms with van der Waals surface area (Å²) in [6, 6.07) is 7.17. The van der Waals surface area contributed by atoms with E-state index in [1.165, 1.54) is 24.4 Å². The van der Waals surface area contributed by atoms with E-state index in [0.29, 0.717) is 17.9 Å². The molecule has 166 valence electrons. The van der Waals surface area contributed by atoms with Gasteiger partial charge in [-0.1, -0.05) is 6.07 Å². The van der Waals surface area contributed by atoms with E-state index >= 15 is 0 Å². The minimum atomic E-state index is -1.09. The Kier molecular flexibility index (Phi) is 5.95. The van der Waals surface area contributed by atoms with Gasteiger partial charge < -0.3 is 21.7 Å². The molecule has 7 nitrogen and oxygen atoms in total. The second-order valence-corrected chi connectivity index (χ2v) is 7.49. The molecule has 1 saturated heterocycles. The number of rotatable bonds is 4. The van der Waals surface area contributed by atoms with Crippen LogP contribution in [0.3, 0.4) is 0 Å². The second kappa shape index (κ2) is 8.83. The van der Waals surface area contributed by atoms with E-state index in [2.05, 4.69) is 15.3 Å². The number of aromatic nitrogens is 2. The van der Waals surface area contributed by atoms with Crippen LogP contribution in [-0.2, 0) is 0 Å². The maximum absolute atomic E-state index is 14.2. The topological polar surface area (TPSA) is 110 Å². The van der Waals surface area contributed by atoms with Gasteiger partial charge in [-0.25, -0.2) is 18.2 Å². The molecular weight excluding hydrogens is 421 g/mol. The minimum Gasteiger partial charge on any atom is -0.397 e. The van der Waals surface area contributed by atoms with Gasteiger partial charge in [-0.05, 0) is 36.8 Å². The lowest BCUT2D eigenvalue weighted by Crippen LogP contribution is -2.50. The highest BCUT2D eigenvalue weighted by atomic mass is 19.1. The Balaban J connectivity index is 1.63. The van der Waals surface area contributed by atoms with E-state index < -0.39 is 29.8 Å². The number of nitrogen functional groups attached to an aromatic ring is 1. The predicted molar refractivity (Wildman–Crippen MR) is 116 cm³/mol. The van der Waals surface area contributed by atoms with Gasteiger partial charge in [0.15, 0.2) is 5.69 Å². The first kappa shape index (κ1) is 21.6. The molecule has 10 heteroatoms. The van der Waals surface area contributed by atoms with E-state index in [1.54, 1.807) is 12.3 Å². The van der Waals surface area contributed by atoms with E-state index in [-0.39, 0.29) is 35.6 Å². The molecule has 5 N–H and O–H groups in total. The summed E-state index contributed by atoms with van der Waals surface area (Å²) in [5, 5.41) is 2.69. The molecule has 2 atom stereocenters. The van der Waals surface area contributed by atoms with Gasteiger partial charge in [0.05, 0.1) is 40.6 Å². The van der Waals surface area contributed by atoms with Crippen LogP contribution in [0, 0.1) is 11.6 Å². The number of amides is 1. The number of nitrogens with two attached hydrogens (primary N) is 2. The van der Waals surface area contributed by atoms with E-state index in [1.807, 2.05) is 4.90 Å². The number of hydrogen-bond acceptors (Lipinski definition) is 6. The third kappa shape index (κ3) is 4.22. The van der Waals surface area contributed by atoms with Crippen molar-refractivity contribution in [3.05, 3.63) is 66.1 Å². The molecule has 1 amide bonds. The average molecular weight is 442 g/mol. The summed E-state index contributed by atoms with van der Waals surface area (Å²) in [4.78, 5) is 23.0. The zero-order valence-electron chi connectivity index (χ0n) is 16.9. The fourth-order valence-corrected chi connectivity index (χ4v) is 3.65. The fraction of sp³-hybridized carbons (Fsp3) is 0.227. The first-order valence-corrected chi connectivity index (χ1v) is 9.96. The summed E-state index contributed by atoms with van der Waals surface area (Å²) in [5.74, 6) is -2.30. The molecule has 1 aromatic carbocycles. The maximum atomic E-state index is 14.2. The number of nitrogens with zero attached hydrogens (tertiary/aromatic N) is 3. The van der Waals surface area contributed by atoms with Gasteiger partial charge in [-0.2, -0.15) is 0 Å². The monoisotopic (exact) mass is 442 g/mol. The number of carbonyl (C=O) groups excluding carboxylic acids is 1. The lowest BCUT2D eigenvalue weighted by Gasteiger charge is -2.35. The Morgan fingerprint density at radius 2 is 1.91 bits per heavy atom. The predicted octanol–water partition coefficient (Wildman–Crippen LogP) is 3.13. The Hall–Kier alpha value is -3.66. The molecule has 3 aromatic rings. The number of anilines is 3. The molecule has 4 rings (SSSR count). The molecule has 0 saturated carbocycles. The quantitative estimate of drug-likeness (QED) is 0.573. The molecule has 3 heterocycles. The number of halogens is 3. The van der Waals surface area contributed by atoms with Crippen LogP contribution in [0.25, 0.3) is 11.3 Å². The lowest BCUT2D eigenvalue weighted by molar-refractivity contribution is 0.102. The molecule has 1 aliphatic rings. The first-order chi connectivity index (χ1) is 15.3. The molecule has 1 aliphatic heterocycles. The molecule has 32 heavy (non-hydrogen) atoms. The van der Waals surface area contributed by atoms with Crippen molar-refractivity contribution in [2.75, 3.05) is 29.0 Å². The van der Waals surface area contributed by atoms with Crippen molar-refractivity contribution in [3.8, 4) is 11.3 Å². The van der Waals surface area contributed by atoms with Crippen LogP contribution in [0.4, 0.5) is 30.2 Å². The summed E-state index contributed by atoms with van der Waals surface area (Å²) in [5.41, 5.74) is 12.2. The molecule has 2 aromatic heterocycles. The number of alkyl halides is 1. The van der Waals surface area contributed by atoms with Crippen LogP contribution in [0.1, 0.15) is 16.9 Å². The molecular formula is C22H21F3N6O. The highest BCUT2D eigenvalue weighted by molar-refractivity contribution is 6.07. The van der Waals surface area contributed by atoms with Crippen molar-refractivity contribution in [3.63, 3.8) is 0 Å². The zero-order chi connectivity index (χ0) is 22.8. The van der Waals surface area contributed by atoms with Crippen LogP contribution in [0.5, 0.6) is 0 Å². The number of nitrogens with one attached hydrogen (secondary N) is 1. The highest BCUT2D eigenvalue weighted by Crippen LogP contribution is 2.30. The maximum Gasteiger partial charge on any atom is 0.276 e. The second-order valence-electron chi connectivity index (χ2n) is 7.49. The summed E-state index contributed by atoms with van der Waals surface area (Å²) < 4.78 is 42.1. The van der Waals surface area contributed by atoms with Crippen LogP contribution < -0.4 is 21.7 Å². The molecule has 0 spiro atoms. The Morgan fingerprint density at radius 3 is 2.62 bits per heavy atom. The van der Waals surface area contributed by atoms with Gasteiger partial charge in [0.2, 0.25) is 0 Å². The lowest BCUT2D eigenvalue weighted by atomic mass is 10.0. The van der Waals surface area contributed by atoms with Crippen molar-refractivity contribution in [2.24, 2.45) is 5.73 Å². The fourth-order valence-electron chi connectivity index (χ4n) is 3.65. The van der Waals surface area contributed by atoms with Gasteiger partial charge >= 0.3 is 0 Å². The summed E-state index contributed by atoms with van der Waals surface area (Å²) in [6.45, 7) is 0.695. The van der Waals surface area contributed by atoms with E-state index in [9.17, 15) is 18.0 Å². The largest absolute Gasteiger partial charge is 0.397 e. The number of benzene rings is 1. The normalized spacial score (nSPS) is 18.4. The molecule has 0 radical (unpaired) electrons. The average Bonchev–Trinajstić information content (AvgIpc) is 2.77. The van der Waals surface area contributed by atoms with E-state index in [0.717, 1.165) is 12.1 Å². The van der Waals surface area contributed by atoms with Gasteiger partial charge in [0.1, 0.15) is 17.8 Å². The van der Waals surface area contributed by atoms with Crippen molar-refractivity contribution in [1.82, 2.24) is 9.97 Å². The number of carbonyl (C=O) groups is 1. The summed E-state index contributed by atoms with van der Waals surface area (Å²) >= 11 is 0. The number of pyridine rings is 2. The van der Waals surface area contributed by atoms with Crippen LogP contribution in [-0.4, -0.2) is 41.2 Å². The Bertz CT molecular complexity index is 1140. The summed E-state index contributed by atoms with van der Waals surface area (Å²) in [7, 11) is 0. The van der Waals surface area contributed by atoms with Gasteiger partial charge in [-0.3, -0.25) is 9.78 Å². The van der Waals surface area contributed by atoms with Crippen molar-refractivity contribution in [2.45, 2.75) is 18.6 Å². The van der Waals surface area contributed by atoms with Crippen molar-refractivity contribution >= 4 is 23.0 Å². The Morgan fingerprint density at radius 1 is 1.16 bits per heavy atom. The molecule has 1 fully saturated rings. The van der Waals surface area contributed by atoms with Crippen molar-refractivity contribution in [1.29, 1.82) is 0 Å².